The molecule has 0 saturated carbocycles. The van der Waals surface area contributed by atoms with E-state index in [0.29, 0.717) is 28.7 Å². The number of esters is 1. The monoisotopic (exact) mass is 354 g/mol. The maximum Gasteiger partial charge on any atom is 0.309 e. The lowest BCUT2D eigenvalue weighted by molar-refractivity contribution is -0.149. The van der Waals surface area contributed by atoms with Gasteiger partial charge >= 0.3 is 5.97 Å². The molecule has 1 aliphatic rings. The van der Waals surface area contributed by atoms with Gasteiger partial charge in [0.15, 0.2) is 5.58 Å². The first-order valence-corrected chi connectivity index (χ1v) is 8.55. The van der Waals surface area contributed by atoms with E-state index in [9.17, 15) is 4.79 Å². The number of likely N-dealkylation sites (tertiary alicyclic amines) is 1. The van der Waals surface area contributed by atoms with Gasteiger partial charge in [-0.05, 0) is 44.1 Å². The molecule has 124 valence electrons. The van der Waals surface area contributed by atoms with Gasteiger partial charge in [-0.1, -0.05) is 11.6 Å². The zero-order valence-corrected chi connectivity index (χ0v) is 14.5. The van der Waals surface area contributed by atoms with Crippen LogP contribution in [-0.2, 0) is 16.2 Å². The Hall–Kier alpha value is -1.37. The van der Waals surface area contributed by atoms with Crippen molar-refractivity contribution in [2.24, 2.45) is 5.92 Å². The molecule has 0 spiro atoms. The summed E-state index contributed by atoms with van der Waals surface area (Å²) in [6.07, 6.45) is 1.63. The molecule has 5 nitrogen and oxygen atoms in total. The molecule has 0 bridgehead atoms. The summed E-state index contributed by atoms with van der Waals surface area (Å²) in [6, 6.07) is 5.52. The van der Waals surface area contributed by atoms with Crippen molar-refractivity contribution in [2.45, 2.75) is 26.4 Å². The lowest BCUT2D eigenvalue weighted by atomic mass is 9.97. The Bertz CT molecular complexity index is 762. The quantitative estimate of drug-likeness (QED) is 0.616. The number of aromatic nitrogens is 1. The molecule has 1 fully saturated rings. The highest BCUT2D eigenvalue weighted by molar-refractivity contribution is 7.71. The molecule has 1 aromatic heterocycles. The van der Waals surface area contributed by atoms with E-state index in [1.165, 1.54) is 0 Å². The van der Waals surface area contributed by atoms with Crippen molar-refractivity contribution in [3.63, 3.8) is 0 Å². The SMILES string of the molecule is CCOC(=O)C1CCN(Cn2c(=S)oc3cc(Cl)ccc32)CC1. The first-order valence-electron chi connectivity index (χ1n) is 7.76. The van der Waals surface area contributed by atoms with E-state index < -0.39 is 0 Å². The van der Waals surface area contributed by atoms with Gasteiger partial charge in [-0.3, -0.25) is 14.3 Å². The first kappa shape index (κ1) is 16.5. The highest BCUT2D eigenvalue weighted by Crippen LogP contribution is 2.24. The third kappa shape index (κ3) is 3.59. The third-order valence-electron chi connectivity index (χ3n) is 4.18. The second-order valence-corrected chi connectivity index (χ2v) is 6.48. The van der Waals surface area contributed by atoms with Crippen LogP contribution in [0, 0.1) is 10.8 Å². The largest absolute Gasteiger partial charge is 0.466 e. The van der Waals surface area contributed by atoms with Gasteiger partial charge in [0.1, 0.15) is 0 Å². The van der Waals surface area contributed by atoms with Gasteiger partial charge in [-0.25, -0.2) is 0 Å². The number of hydrogen-bond acceptors (Lipinski definition) is 5. The lowest BCUT2D eigenvalue weighted by Crippen LogP contribution is -2.37. The lowest BCUT2D eigenvalue weighted by Gasteiger charge is -2.30. The Balaban J connectivity index is 1.69. The average molecular weight is 355 g/mol. The fraction of sp³-hybridized carbons (Fsp3) is 0.500. The molecule has 1 saturated heterocycles. The minimum Gasteiger partial charge on any atom is -0.466 e. The number of nitrogens with zero attached hydrogens (tertiary/aromatic N) is 2. The Morgan fingerprint density at radius 1 is 1.43 bits per heavy atom. The zero-order valence-electron chi connectivity index (χ0n) is 13.0. The second kappa shape index (κ2) is 7.03. The van der Waals surface area contributed by atoms with Crippen LogP contribution in [-0.4, -0.2) is 35.1 Å². The summed E-state index contributed by atoms with van der Waals surface area (Å²) in [5, 5.41) is 0.628. The minimum absolute atomic E-state index is 0.0130. The Morgan fingerprint density at radius 3 is 2.87 bits per heavy atom. The number of hydrogen-bond donors (Lipinski definition) is 0. The number of carbonyl (C=O) groups excluding carboxylic acids is 1. The Kier molecular flexibility index (Phi) is 5.04. The number of oxazole rings is 1. The van der Waals surface area contributed by atoms with Crippen molar-refractivity contribution in [1.29, 1.82) is 0 Å². The first-order chi connectivity index (χ1) is 11.1. The molecular formula is C16H19ClN2O3S. The van der Waals surface area contributed by atoms with Crippen molar-refractivity contribution >= 4 is 40.9 Å². The van der Waals surface area contributed by atoms with E-state index in [1.54, 1.807) is 6.07 Å². The second-order valence-electron chi connectivity index (χ2n) is 5.69. The fourth-order valence-electron chi connectivity index (χ4n) is 2.94. The maximum absolute atomic E-state index is 11.8. The van der Waals surface area contributed by atoms with Crippen molar-refractivity contribution in [1.82, 2.24) is 9.47 Å². The number of carbonyl (C=O) groups is 1. The van der Waals surface area contributed by atoms with Gasteiger partial charge in [-0.15, -0.1) is 0 Å². The van der Waals surface area contributed by atoms with Crippen molar-refractivity contribution < 1.29 is 13.9 Å². The van der Waals surface area contributed by atoms with Crippen LogP contribution in [0.1, 0.15) is 19.8 Å². The smallest absolute Gasteiger partial charge is 0.309 e. The number of halogens is 1. The summed E-state index contributed by atoms with van der Waals surface area (Å²) in [6.45, 7) is 4.61. The molecule has 0 aliphatic carbocycles. The average Bonchev–Trinajstić information content (AvgIpc) is 2.83. The number of piperidine rings is 1. The third-order valence-corrected chi connectivity index (χ3v) is 4.72. The normalized spacial score (nSPS) is 16.8. The molecule has 23 heavy (non-hydrogen) atoms. The van der Waals surface area contributed by atoms with Crippen LogP contribution in [0.4, 0.5) is 0 Å². The van der Waals surface area contributed by atoms with Gasteiger partial charge in [-0.2, -0.15) is 0 Å². The number of rotatable bonds is 4. The van der Waals surface area contributed by atoms with E-state index in [-0.39, 0.29) is 11.9 Å². The van der Waals surface area contributed by atoms with Crippen LogP contribution in [0.3, 0.4) is 0 Å². The maximum atomic E-state index is 11.8. The topological polar surface area (TPSA) is 47.6 Å². The molecule has 3 rings (SSSR count). The predicted molar refractivity (Wildman–Crippen MR) is 91.0 cm³/mol. The molecule has 7 heteroatoms. The Labute approximate surface area is 144 Å². The van der Waals surface area contributed by atoms with Gasteiger partial charge in [0, 0.05) is 24.2 Å². The molecular weight excluding hydrogens is 336 g/mol. The molecule has 0 atom stereocenters. The van der Waals surface area contributed by atoms with Gasteiger partial charge in [0.2, 0.25) is 0 Å². The van der Waals surface area contributed by atoms with Gasteiger partial charge in [0.05, 0.1) is 24.7 Å². The number of ether oxygens (including phenoxy) is 1. The van der Waals surface area contributed by atoms with Crippen molar-refractivity contribution in [3.05, 3.63) is 28.1 Å². The molecule has 0 N–H and O–H groups in total. The molecule has 1 aliphatic heterocycles. The molecule has 0 amide bonds. The predicted octanol–water partition coefficient (Wildman–Crippen LogP) is 3.85. The molecule has 1 aromatic carbocycles. The highest BCUT2D eigenvalue weighted by atomic mass is 35.5. The summed E-state index contributed by atoms with van der Waals surface area (Å²) >= 11 is 11.3. The summed E-state index contributed by atoms with van der Waals surface area (Å²) in [4.78, 5) is 14.5. The number of benzene rings is 1. The van der Waals surface area contributed by atoms with E-state index >= 15 is 0 Å². The zero-order chi connectivity index (χ0) is 16.4. The fourth-order valence-corrected chi connectivity index (χ4v) is 3.35. The standard InChI is InChI=1S/C16H19ClN2O3S/c1-2-21-15(20)11-5-7-18(8-6-11)10-19-13-4-3-12(17)9-14(13)22-16(19)23/h3-4,9,11H,2,5-8,10H2,1H3. The molecule has 0 radical (unpaired) electrons. The summed E-state index contributed by atoms with van der Waals surface area (Å²) in [5.74, 6) is -0.0637. The van der Waals surface area contributed by atoms with Gasteiger partial charge < -0.3 is 9.15 Å². The van der Waals surface area contributed by atoms with Crippen LogP contribution >= 0.6 is 23.8 Å². The van der Waals surface area contributed by atoms with Crippen LogP contribution in [0.25, 0.3) is 11.1 Å². The summed E-state index contributed by atoms with van der Waals surface area (Å²) in [7, 11) is 0. The van der Waals surface area contributed by atoms with E-state index in [4.69, 9.17) is 33.0 Å². The van der Waals surface area contributed by atoms with E-state index in [2.05, 4.69) is 4.90 Å². The summed E-state index contributed by atoms with van der Waals surface area (Å²) in [5.41, 5.74) is 1.64. The van der Waals surface area contributed by atoms with Crippen LogP contribution in [0.2, 0.25) is 5.02 Å². The molecule has 2 heterocycles. The molecule has 2 aromatic rings. The van der Waals surface area contributed by atoms with Crippen LogP contribution in [0.5, 0.6) is 0 Å². The van der Waals surface area contributed by atoms with Crippen LogP contribution in [0.15, 0.2) is 22.6 Å². The molecule has 0 unspecified atom stereocenters. The van der Waals surface area contributed by atoms with Crippen LogP contribution < -0.4 is 0 Å². The summed E-state index contributed by atoms with van der Waals surface area (Å²) < 4.78 is 12.7. The van der Waals surface area contributed by atoms with E-state index in [0.717, 1.165) is 31.4 Å². The number of fused-ring (bicyclic) bond motifs is 1. The van der Waals surface area contributed by atoms with E-state index in [1.807, 2.05) is 23.6 Å². The minimum atomic E-state index is -0.0767. The highest BCUT2D eigenvalue weighted by Gasteiger charge is 2.26. The van der Waals surface area contributed by atoms with Crippen molar-refractivity contribution in [3.8, 4) is 0 Å². The van der Waals surface area contributed by atoms with Crippen molar-refractivity contribution in [2.75, 3.05) is 19.7 Å². The van der Waals surface area contributed by atoms with Gasteiger partial charge in [0.25, 0.3) is 4.84 Å². The Morgan fingerprint density at radius 2 is 2.17 bits per heavy atom.